The van der Waals surface area contributed by atoms with Crippen LogP contribution in [0.3, 0.4) is 0 Å². The minimum atomic E-state index is -0.194. The van der Waals surface area contributed by atoms with Gasteiger partial charge in [0.05, 0.1) is 0 Å². The first-order valence-electron chi connectivity index (χ1n) is 5.87. The second-order valence-corrected chi connectivity index (χ2v) is 4.84. The normalized spacial score (nSPS) is 16.4. The smallest absolute Gasteiger partial charge is 0.129 e. The fraction of sp³-hybridized carbons (Fsp3) is 0.538. The predicted molar refractivity (Wildman–Crippen MR) is 64.5 cm³/mol. The van der Waals surface area contributed by atoms with E-state index in [-0.39, 0.29) is 5.82 Å². The molecule has 2 N–H and O–H groups in total. The first-order chi connectivity index (χ1) is 7.65. The summed E-state index contributed by atoms with van der Waals surface area (Å²) < 4.78 is 13.5. The molecular formula is C13H19FN2. The van der Waals surface area contributed by atoms with Gasteiger partial charge < -0.3 is 10.6 Å². The molecule has 0 bridgehead atoms. The molecule has 16 heavy (non-hydrogen) atoms. The summed E-state index contributed by atoms with van der Waals surface area (Å²) in [5.41, 5.74) is 6.74. The van der Waals surface area contributed by atoms with Gasteiger partial charge in [0.2, 0.25) is 0 Å². The van der Waals surface area contributed by atoms with Crippen LogP contribution >= 0.6 is 0 Å². The Bertz CT molecular complexity index is 361. The molecule has 1 fully saturated rings. The van der Waals surface area contributed by atoms with Gasteiger partial charge in [-0.3, -0.25) is 0 Å². The van der Waals surface area contributed by atoms with Crippen LogP contribution in [-0.2, 0) is 6.54 Å². The molecule has 0 amide bonds. The second kappa shape index (κ2) is 4.83. The minimum absolute atomic E-state index is 0.194. The van der Waals surface area contributed by atoms with E-state index in [9.17, 15) is 4.39 Å². The van der Waals surface area contributed by atoms with Crippen LogP contribution in [0.4, 0.5) is 10.1 Å². The van der Waals surface area contributed by atoms with Crippen molar-refractivity contribution in [2.75, 3.05) is 19.3 Å². The second-order valence-electron chi connectivity index (χ2n) is 4.84. The summed E-state index contributed by atoms with van der Waals surface area (Å²) in [7, 11) is 2.05. The number of nitrogen functional groups attached to an aromatic ring is 1. The van der Waals surface area contributed by atoms with Crippen molar-refractivity contribution in [2.24, 2.45) is 5.92 Å². The highest BCUT2D eigenvalue weighted by atomic mass is 19.1. The van der Waals surface area contributed by atoms with Crippen LogP contribution in [0.25, 0.3) is 0 Å². The molecular weight excluding hydrogens is 203 g/mol. The minimum Gasteiger partial charge on any atom is -0.399 e. The maximum atomic E-state index is 13.5. The van der Waals surface area contributed by atoms with E-state index in [0.717, 1.165) is 18.0 Å². The highest BCUT2D eigenvalue weighted by molar-refractivity contribution is 5.40. The van der Waals surface area contributed by atoms with Crippen LogP contribution in [0.15, 0.2) is 18.2 Å². The van der Waals surface area contributed by atoms with E-state index in [4.69, 9.17) is 5.73 Å². The van der Waals surface area contributed by atoms with Crippen LogP contribution in [0, 0.1) is 11.7 Å². The Labute approximate surface area is 96.2 Å². The molecule has 0 heterocycles. The molecule has 0 atom stereocenters. The Morgan fingerprint density at radius 2 is 2.19 bits per heavy atom. The van der Waals surface area contributed by atoms with Gasteiger partial charge >= 0.3 is 0 Å². The zero-order valence-corrected chi connectivity index (χ0v) is 9.75. The van der Waals surface area contributed by atoms with Crippen molar-refractivity contribution in [3.8, 4) is 0 Å². The topological polar surface area (TPSA) is 29.3 Å². The Balaban J connectivity index is 1.91. The SMILES string of the molecule is CN(Cc1ccc(N)cc1F)CC1CCC1. The zero-order valence-electron chi connectivity index (χ0n) is 9.75. The maximum Gasteiger partial charge on any atom is 0.129 e. The summed E-state index contributed by atoms with van der Waals surface area (Å²) >= 11 is 0. The number of nitrogens with zero attached hydrogens (tertiary/aromatic N) is 1. The lowest BCUT2D eigenvalue weighted by Crippen LogP contribution is -2.29. The molecule has 0 saturated heterocycles. The summed E-state index contributed by atoms with van der Waals surface area (Å²) in [4.78, 5) is 2.19. The Kier molecular flexibility index (Phi) is 3.44. The molecule has 0 spiro atoms. The lowest BCUT2D eigenvalue weighted by atomic mass is 9.85. The van der Waals surface area contributed by atoms with Crippen LogP contribution in [-0.4, -0.2) is 18.5 Å². The van der Waals surface area contributed by atoms with Gasteiger partial charge in [-0.05, 0) is 37.9 Å². The van der Waals surface area contributed by atoms with Crippen LogP contribution in [0.2, 0.25) is 0 Å². The van der Waals surface area contributed by atoms with Crippen LogP contribution in [0.5, 0.6) is 0 Å². The molecule has 3 heteroatoms. The third kappa shape index (κ3) is 2.73. The maximum absolute atomic E-state index is 13.5. The fourth-order valence-electron chi connectivity index (χ4n) is 2.16. The lowest BCUT2D eigenvalue weighted by Gasteiger charge is -2.30. The Hall–Kier alpha value is -1.09. The number of anilines is 1. The average Bonchev–Trinajstić information content (AvgIpc) is 2.16. The quantitative estimate of drug-likeness (QED) is 0.793. The van der Waals surface area contributed by atoms with E-state index in [0.29, 0.717) is 12.2 Å². The van der Waals surface area contributed by atoms with Gasteiger partial charge in [-0.2, -0.15) is 0 Å². The Morgan fingerprint density at radius 3 is 2.75 bits per heavy atom. The van der Waals surface area contributed by atoms with Crippen molar-refractivity contribution in [1.82, 2.24) is 4.90 Å². The summed E-state index contributed by atoms with van der Waals surface area (Å²) in [5.74, 6) is 0.627. The van der Waals surface area contributed by atoms with E-state index in [2.05, 4.69) is 4.90 Å². The van der Waals surface area contributed by atoms with E-state index in [1.165, 1.54) is 25.3 Å². The highest BCUT2D eigenvalue weighted by Gasteiger charge is 2.19. The highest BCUT2D eigenvalue weighted by Crippen LogP contribution is 2.27. The van der Waals surface area contributed by atoms with Gasteiger partial charge in [-0.1, -0.05) is 12.5 Å². The molecule has 2 rings (SSSR count). The fourth-order valence-corrected chi connectivity index (χ4v) is 2.16. The monoisotopic (exact) mass is 222 g/mol. The number of nitrogens with two attached hydrogens (primary N) is 1. The average molecular weight is 222 g/mol. The van der Waals surface area contributed by atoms with Gasteiger partial charge in [-0.15, -0.1) is 0 Å². The van der Waals surface area contributed by atoms with Crippen molar-refractivity contribution in [3.63, 3.8) is 0 Å². The molecule has 1 saturated carbocycles. The van der Waals surface area contributed by atoms with Gasteiger partial charge in [0.1, 0.15) is 5.82 Å². The van der Waals surface area contributed by atoms with Crippen molar-refractivity contribution in [3.05, 3.63) is 29.6 Å². The Morgan fingerprint density at radius 1 is 1.44 bits per heavy atom. The third-order valence-corrected chi connectivity index (χ3v) is 3.31. The number of halogens is 1. The molecule has 1 aromatic carbocycles. The van der Waals surface area contributed by atoms with E-state index in [1.54, 1.807) is 12.1 Å². The molecule has 0 aliphatic heterocycles. The number of benzene rings is 1. The summed E-state index contributed by atoms with van der Waals surface area (Å²) in [6, 6.07) is 4.93. The van der Waals surface area contributed by atoms with Crippen LogP contribution < -0.4 is 5.73 Å². The first-order valence-corrected chi connectivity index (χ1v) is 5.87. The summed E-state index contributed by atoms with van der Waals surface area (Å²) in [6.45, 7) is 1.74. The standard InChI is InChI=1S/C13H19FN2/c1-16(8-10-3-2-4-10)9-11-5-6-12(15)7-13(11)14/h5-7,10H,2-4,8-9,15H2,1H3. The van der Waals surface area contributed by atoms with Crippen molar-refractivity contribution < 1.29 is 4.39 Å². The molecule has 0 unspecified atom stereocenters. The van der Waals surface area contributed by atoms with Gasteiger partial charge in [0, 0.05) is 24.3 Å². The molecule has 0 aromatic heterocycles. The number of hydrogen-bond acceptors (Lipinski definition) is 2. The van der Waals surface area contributed by atoms with Crippen LogP contribution in [0.1, 0.15) is 24.8 Å². The van der Waals surface area contributed by atoms with E-state index in [1.807, 2.05) is 7.05 Å². The predicted octanol–water partition coefficient (Wildman–Crippen LogP) is 2.64. The molecule has 88 valence electrons. The van der Waals surface area contributed by atoms with E-state index >= 15 is 0 Å². The van der Waals surface area contributed by atoms with Crippen molar-refractivity contribution in [2.45, 2.75) is 25.8 Å². The molecule has 2 nitrogen and oxygen atoms in total. The number of hydrogen-bond donors (Lipinski definition) is 1. The molecule has 0 radical (unpaired) electrons. The van der Waals surface area contributed by atoms with Crippen molar-refractivity contribution in [1.29, 1.82) is 0 Å². The largest absolute Gasteiger partial charge is 0.399 e. The summed E-state index contributed by atoms with van der Waals surface area (Å²) in [6.07, 6.45) is 4.01. The van der Waals surface area contributed by atoms with E-state index < -0.39 is 0 Å². The first kappa shape index (κ1) is 11.4. The number of rotatable bonds is 4. The van der Waals surface area contributed by atoms with Crippen molar-refractivity contribution >= 4 is 5.69 Å². The summed E-state index contributed by atoms with van der Waals surface area (Å²) in [5, 5.41) is 0. The molecule has 1 aliphatic rings. The van der Waals surface area contributed by atoms with Gasteiger partial charge in [0.15, 0.2) is 0 Å². The van der Waals surface area contributed by atoms with Gasteiger partial charge in [0.25, 0.3) is 0 Å². The lowest BCUT2D eigenvalue weighted by molar-refractivity contribution is 0.199. The zero-order chi connectivity index (χ0) is 11.5. The molecule has 1 aliphatic carbocycles. The third-order valence-electron chi connectivity index (χ3n) is 3.31. The van der Waals surface area contributed by atoms with Gasteiger partial charge in [-0.25, -0.2) is 4.39 Å². The molecule has 1 aromatic rings.